The maximum atomic E-state index is 12.7. The predicted molar refractivity (Wildman–Crippen MR) is 158 cm³/mol. The summed E-state index contributed by atoms with van der Waals surface area (Å²) in [6.45, 7) is 6.99. The third kappa shape index (κ3) is 6.51. The first-order valence-electron chi connectivity index (χ1n) is 12.7. The quantitative estimate of drug-likeness (QED) is 0.169. The molecule has 0 radical (unpaired) electrons. The summed E-state index contributed by atoms with van der Waals surface area (Å²) in [5, 5.41) is 11.0. The fourth-order valence-electron chi connectivity index (χ4n) is 3.99. The SMILES string of the molecule is CC(C)(C)c1ccc(OCc2ccc(C(=O)N/N=C\c3cn(-c4ccccc4)nc3-c3cccs3)cc2)cc1. The summed E-state index contributed by atoms with van der Waals surface area (Å²) in [7, 11) is 0. The van der Waals surface area contributed by atoms with E-state index >= 15 is 0 Å². The van der Waals surface area contributed by atoms with E-state index in [0.717, 1.165) is 33.1 Å². The minimum absolute atomic E-state index is 0.107. The zero-order valence-electron chi connectivity index (χ0n) is 22.2. The summed E-state index contributed by atoms with van der Waals surface area (Å²) in [6.07, 6.45) is 3.54. The lowest BCUT2D eigenvalue weighted by Gasteiger charge is -2.19. The van der Waals surface area contributed by atoms with Crippen molar-refractivity contribution < 1.29 is 9.53 Å². The molecule has 0 aliphatic rings. The molecule has 0 atom stereocenters. The topological polar surface area (TPSA) is 68.5 Å². The Labute approximate surface area is 232 Å². The van der Waals surface area contributed by atoms with Gasteiger partial charge < -0.3 is 4.74 Å². The van der Waals surface area contributed by atoms with Crippen molar-refractivity contribution >= 4 is 23.5 Å². The number of nitrogens with zero attached hydrogens (tertiary/aromatic N) is 3. The number of benzene rings is 3. The predicted octanol–water partition coefficient (Wildman–Crippen LogP) is 7.24. The molecule has 5 rings (SSSR count). The molecule has 6 nitrogen and oxygen atoms in total. The van der Waals surface area contributed by atoms with Gasteiger partial charge in [0.25, 0.3) is 5.91 Å². The third-order valence-corrected chi connectivity index (χ3v) is 7.11. The number of aromatic nitrogens is 2. The van der Waals surface area contributed by atoms with Gasteiger partial charge in [-0.25, -0.2) is 10.1 Å². The smallest absolute Gasteiger partial charge is 0.271 e. The average molecular weight is 535 g/mol. The largest absolute Gasteiger partial charge is 0.489 e. The van der Waals surface area contributed by atoms with Gasteiger partial charge in [-0.2, -0.15) is 10.2 Å². The lowest BCUT2D eigenvalue weighted by atomic mass is 9.87. The second-order valence-electron chi connectivity index (χ2n) is 10.1. The van der Waals surface area contributed by atoms with Crippen LogP contribution in [0.3, 0.4) is 0 Å². The molecule has 0 aliphatic heterocycles. The van der Waals surface area contributed by atoms with E-state index in [1.165, 1.54) is 5.56 Å². The number of ether oxygens (including phenoxy) is 1. The summed E-state index contributed by atoms with van der Waals surface area (Å²) in [5.74, 6) is 0.529. The average Bonchev–Trinajstić information content (AvgIpc) is 3.63. The summed E-state index contributed by atoms with van der Waals surface area (Å²) in [5.41, 5.74) is 8.06. The molecule has 0 saturated heterocycles. The number of hydrogen-bond acceptors (Lipinski definition) is 5. The fraction of sp³-hybridized carbons (Fsp3) is 0.156. The van der Waals surface area contributed by atoms with E-state index in [2.05, 4.69) is 43.4 Å². The molecule has 1 N–H and O–H groups in total. The molecule has 0 aliphatic carbocycles. The van der Waals surface area contributed by atoms with Crippen molar-refractivity contribution in [2.75, 3.05) is 0 Å². The Bertz CT molecular complexity index is 1550. The number of rotatable bonds is 8. The minimum Gasteiger partial charge on any atom is -0.489 e. The summed E-state index contributed by atoms with van der Waals surface area (Å²) in [4.78, 5) is 13.7. The van der Waals surface area contributed by atoms with Crippen LogP contribution in [0, 0.1) is 0 Å². The van der Waals surface area contributed by atoms with Crippen LogP contribution in [0.15, 0.2) is 108 Å². The lowest BCUT2D eigenvalue weighted by molar-refractivity contribution is 0.0955. The summed E-state index contributed by atoms with van der Waals surface area (Å²) < 4.78 is 7.74. The first kappa shape index (κ1) is 26.1. The van der Waals surface area contributed by atoms with Crippen LogP contribution in [0.25, 0.3) is 16.3 Å². The molecule has 7 heteroatoms. The molecule has 0 bridgehead atoms. The third-order valence-electron chi connectivity index (χ3n) is 6.23. The Hall–Kier alpha value is -4.49. The molecule has 0 saturated carbocycles. The van der Waals surface area contributed by atoms with Gasteiger partial charge in [0.2, 0.25) is 0 Å². The highest BCUT2D eigenvalue weighted by Gasteiger charge is 2.14. The van der Waals surface area contributed by atoms with Gasteiger partial charge in [-0.05, 0) is 64.4 Å². The highest BCUT2D eigenvalue weighted by molar-refractivity contribution is 7.13. The second-order valence-corrected chi connectivity index (χ2v) is 11.1. The Morgan fingerprint density at radius 2 is 1.72 bits per heavy atom. The first-order chi connectivity index (χ1) is 18.9. The first-order valence-corrected chi connectivity index (χ1v) is 13.6. The zero-order chi connectivity index (χ0) is 27.2. The van der Waals surface area contributed by atoms with E-state index in [9.17, 15) is 4.79 Å². The van der Waals surface area contributed by atoms with Gasteiger partial charge in [0, 0.05) is 17.3 Å². The van der Waals surface area contributed by atoms with Crippen molar-refractivity contribution in [3.05, 3.63) is 125 Å². The number of hydrazone groups is 1. The molecule has 196 valence electrons. The zero-order valence-corrected chi connectivity index (χ0v) is 23.0. The van der Waals surface area contributed by atoms with Gasteiger partial charge in [-0.15, -0.1) is 11.3 Å². The van der Waals surface area contributed by atoms with Crippen LogP contribution >= 0.6 is 11.3 Å². The second kappa shape index (κ2) is 11.5. The van der Waals surface area contributed by atoms with Gasteiger partial charge in [-0.3, -0.25) is 4.79 Å². The van der Waals surface area contributed by atoms with Crippen LogP contribution in [0.2, 0.25) is 0 Å². The number of hydrogen-bond donors (Lipinski definition) is 1. The number of thiophene rings is 1. The highest BCUT2D eigenvalue weighted by Crippen LogP contribution is 2.27. The van der Waals surface area contributed by atoms with Crippen molar-refractivity contribution in [2.45, 2.75) is 32.8 Å². The Morgan fingerprint density at radius 3 is 2.38 bits per heavy atom. The fourth-order valence-corrected chi connectivity index (χ4v) is 4.73. The van der Waals surface area contributed by atoms with E-state index in [-0.39, 0.29) is 11.3 Å². The van der Waals surface area contributed by atoms with Gasteiger partial charge in [0.05, 0.1) is 16.8 Å². The lowest BCUT2D eigenvalue weighted by Crippen LogP contribution is -2.17. The van der Waals surface area contributed by atoms with Crippen LogP contribution < -0.4 is 10.2 Å². The maximum Gasteiger partial charge on any atom is 0.271 e. The van der Waals surface area contributed by atoms with Gasteiger partial charge in [0.1, 0.15) is 18.1 Å². The standard InChI is InChI=1S/C32H30N4O2S/c1-32(2,3)26-15-17-28(18-16-26)38-22-23-11-13-24(14-12-23)31(37)34-33-20-25-21-36(27-8-5-4-6-9-27)35-30(25)29-10-7-19-39-29/h4-21H,22H2,1-3H3,(H,34,37)/b33-20-. The van der Waals surface area contributed by atoms with Crippen molar-refractivity contribution in [1.82, 2.24) is 15.2 Å². The Balaban J connectivity index is 1.21. The number of carbonyl (C=O) groups is 1. The van der Waals surface area contributed by atoms with Crippen molar-refractivity contribution in [3.63, 3.8) is 0 Å². The molecule has 0 unspecified atom stereocenters. The molecule has 2 heterocycles. The maximum absolute atomic E-state index is 12.7. The number of carbonyl (C=O) groups excluding carboxylic acids is 1. The van der Waals surface area contributed by atoms with E-state index in [1.54, 1.807) is 29.7 Å². The number of para-hydroxylation sites is 1. The number of nitrogens with one attached hydrogen (secondary N) is 1. The molecule has 0 spiro atoms. The Morgan fingerprint density at radius 1 is 0.974 bits per heavy atom. The van der Waals surface area contributed by atoms with E-state index in [4.69, 9.17) is 9.84 Å². The Kier molecular flexibility index (Phi) is 7.70. The molecule has 2 aromatic heterocycles. The monoisotopic (exact) mass is 534 g/mol. The molecule has 3 aromatic carbocycles. The number of amides is 1. The van der Waals surface area contributed by atoms with Crippen LogP contribution in [0.4, 0.5) is 0 Å². The normalized spacial score (nSPS) is 11.6. The minimum atomic E-state index is -0.287. The van der Waals surface area contributed by atoms with Crippen LogP contribution in [0.1, 0.15) is 47.8 Å². The molecule has 39 heavy (non-hydrogen) atoms. The van der Waals surface area contributed by atoms with E-state index in [0.29, 0.717) is 12.2 Å². The van der Waals surface area contributed by atoms with Crippen molar-refractivity contribution in [1.29, 1.82) is 0 Å². The van der Waals surface area contributed by atoms with Crippen LogP contribution in [0.5, 0.6) is 5.75 Å². The van der Waals surface area contributed by atoms with E-state index < -0.39 is 0 Å². The summed E-state index contributed by atoms with van der Waals surface area (Å²) >= 11 is 1.61. The molecular weight excluding hydrogens is 504 g/mol. The van der Waals surface area contributed by atoms with Crippen molar-refractivity contribution in [2.24, 2.45) is 5.10 Å². The van der Waals surface area contributed by atoms with Gasteiger partial charge in [0.15, 0.2) is 0 Å². The van der Waals surface area contributed by atoms with Crippen LogP contribution in [-0.2, 0) is 12.0 Å². The molecule has 5 aromatic rings. The van der Waals surface area contributed by atoms with Gasteiger partial charge in [-0.1, -0.05) is 69.3 Å². The van der Waals surface area contributed by atoms with E-state index in [1.807, 2.05) is 83.0 Å². The van der Waals surface area contributed by atoms with Crippen LogP contribution in [-0.4, -0.2) is 21.9 Å². The summed E-state index contributed by atoms with van der Waals surface area (Å²) in [6, 6.07) is 29.4. The molecule has 0 fully saturated rings. The highest BCUT2D eigenvalue weighted by atomic mass is 32.1. The molecular formula is C32H30N4O2S. The molecule has 1 amide bonds. The van der Waals surface area contributed by atoms with Gasteiger partial charge >= 0.3 is 0 Å². The van der Waals surface area contributed by atoms with Crippen molar-refractivity contribution in [3.8, 4) is 22.0 Å².